The summed E-state index contributed by atoms with van der Waals surface area (Å²) in [6, 6.07) is 14.2. The van der Waals surface area contributed by atoms with Gasteiger partial charge in [-0.05, 0) is 55.0 Å². The lowest BCUT2D eigenvalue weighted by atomic mass is 10.1. The molecule has 33 heavy (non-hydrogen) atoms. The Bertz CT molecular complexity index is 1140. The number of methoxy groups -OCH3 is 1. The molecule has 170 valence electrons. The molecule has 0 spiro atoms. The van der Waals surface area contributed by atoms with E-state index in [0.29, 0.717) is 54.6 Å². The van der Waals surface area contributed by atoms with Crippen LogP contribution in [-0.4, -0.2) is 46.8 Å². The standard InChI is InChI=1S/C25H26N4O4/c1-3-15-33-21-9-5-18(6-10-21)25(31)28-13-4-14-29-23(17-28)22(16-26-29)24(30)27-19-7-11-20(32-2)12-8-19/h3,5-12,16H,1,4,13-15,17H2,2H3,(H,27,30). The normalized spacial score (nSPS) is 12.9. The fourth-order valence-electron chi connectivity index (χ4n) is 3.71. The Labute approximate surface area is 192 Å². The third-order valence-corrected chi connectivity index (χ3v) is 5.44. The zero-order chi connectivity index (χ0) is 23.2. The molecule has 8 heteroatoms. The van der Waals surface area contributed by atoms with Gasteiger partial charge in [-0.1, -0.05) is 12.7 Å². The third kappa shape index (κ3) is 5.06. The number of amides is 2. The number of ether oxygens (including phenoxy) is 2. The Hall–Kier alpha value is -4.07. The van der Waals surface area contributed by atoms with Crippen molar-refractivity contribution >= 4 is 17.5 Å². The molecule has 0 atom stereocenters. The van der Waals surface area contributed by atoms with E-state index in [2.05, 4.69) is 17.0 Å². The predicted molar refractivity (Wildman–Crippen MR) is 125 cm³/mol. The van der Waals surface area contributed by atoms with Crippen molar-refractivity contribution in [1.29, 1.82) is 0 Å². The first-order chi connectivity index (χ1) is 16.1. The second-order valence-corrected chi connectivity index (χ2v) is 7.62. The van der Waals surface area contributed by atoms with Gasteiger partial charge in [-0.3, -0.25) is 14.3 Å². The van der Waals surface area contributed by atoms with E-state index < -0.39 is 0 Å². The van der Waals surface area contributed by atoms with E-state index in [1.165, 1.54) is 0 Å². The number of carbonyl (C=O) groups is 2. The summed E-state index contributed by atoms with van der Waals surface area (Å²) in [5.41, 5.74) is 2.40. The van der Waals surface area contributed by atoms with Crippen molar-refractivity contribution in [2.45, 2.75) is 19.5 Å². The molecule has 0 radical (unpaired) electrons. The van der Waals surface area contributed by atoms with Crippen molar-refractivity contribution in [1.82, 2.24) is 14.7 Å². The second kappa shape index (κ2) is 10.0. The van der Waals surface area contributed by atoms with Crippen molar-refractivity contribution in [2.75, 3.05) is 25.6 Å². The summed E-state index contributed by atoms with van der Waals surface area (Å²) in [5, 5.41) is 7.28. The molecule has 0 saturated heterocycles. The van der Waals surface area contributed by atoms with Crippen LogP contribution in [0.15, 0.2) is 67.4 Å². The van der Waals surface area contributed by atoms with Gasteiger partial charge >= 0.3 is 0 Å². The van der Waals surface area contributed by atoms with Gasteiger partial charge in [0.25, 0.3) is 11.8 Å². The molecule has 3 aromatic rings. The molecule has 1 N–H and O–H groups in total. The zero-order valence-electron chi connectivity index (χ0n) is 18.5. The van der Waals surface area contributed by atoms with Gasteiger partial charge in [0.05, 0.1) is 31.1 Å². The van der Waals surface area contributed by atoms with Gasteiger partial charge in [-0.15, -0.1) is 0 Å². The van der Waals surface area contributed by atoms with Crippen LogP contribution < -0.4 is 14.8 Å². The zero-order valence-corrected chi connectivity index (χ0v) is 18.5. The number of fused-ring (bicyclic) bond motifs is 1. The largest absolute Gasteiger partial charge is 0.497 e. The Balaban J connectivity index is 1.49. The minimum absolute atomic E-state index is 0.0959. The van der Waals surface area contributed by atoms with Crippen LogP contribution in [0.25, 0.3) is 0 Å². The number of hydrogen-bond donors (Lipinski definition) is 1. The average molecular weight is 447 g/mol. The number of carbonyl (C=O) groups excluding carboxylic acids is 2. The lowest BCUT2D eigenvalue weighted by Gasteiger charge is -2.21. The van der Waals surface area contributed by atoms with Gasteiger partial charge < -0.3 is 19.7 Å². The molecule has 1 aromatic heterocycles. The highest BCUT2D eigenvalue weighted by atomic mass is 16.5. The van der Waals surface area contributed by atoms with Crippen molar-refractivity contribution in [3.8, 4) is 11.5 Å². The van der Waals surface area contributed by atoms with Gasteiger partial charge in [0.15, 0.2) is 0 Å². The molecule has 0 bridgehead atoms. The number of aryl methyl sites for hydroxylation is 1. The van der Waals surface area contributed by atoms with Crippen LogP contribution in [0.1, 0.15) is 32.8 Å². The van der Waals surface area contributed by atoms with Crippen molar-refractivity contribution in [2.24, 2.45) is 0 Å². The smallest absolute Gasteiger partial charge is 0.259 e. The maximum atomic E-state index is 13.2. The molecule has 4 rings (SSSR count). The summed E-state index contributed by atoms with van der Waals surface area (Å²) in [6.45, 7) is 5.56. The Morgan fingerprint density at radius 2 is 1.82 bits per heavy atom. The molecule has 1 aliphatic heterocycles. The number of rotatable bonds is 7. The second-order valence-electron chi connectivity index (χ2n) is 7.62. The summed E-state index contributed by atoms with van der Waals surface area (Å²) in [4.78, 5) is 27.9. The van der Waals surface area contributed by atoms with Gasteiger partial charge in [-0.2, -0.15) is 5.10 Å². The number of nitrogens with zero attached hydrogens (tertiary/aromatic N) is 3. The molecule has 0 aliphatic carbocycles. The van der Waals surface area contributed by atoms with E-state index in [1.54, 1.807) is 72.8 Å². The van der Waals surface area contributed by atoms with Gasteiger partial charge in [0.2, 0.25) is 0 Å². The summed E-state index contributed by atoms with van der Waals surface area (Å²) in [5.74, 6) is 1.03. The molecule has 2 amide bonds. The maximum Gasteiger partial charge on any atom is 0.259 e. The molecular weight excluding hydrogens is 420 g/mol. The van der Waals surface area contributed by atoms with E-state index in [-0.39, 0.29) is 11.8 Å². The van der Waals surface area contributed by atoms with Crippen LogP contribution in [0, 0.1) is 0 Å². The van der Waals surface area contributed by atoms with Crippen molar-refractivity contribution < 1.29 is 19.1 Å². The Morgan fingerprint density at radius 1 is 1.09 bits per heavy atom. The van der Waals surface area contributed by atoms with Crippen LogP contribution in [-0.2, 0) is 13.1 Å². The third-order valence-electron chi connectivity index (χ3n) is 5.44. The van der Waals surface area contributed by atoms with E-state index >= 15 is 0 Å². The first kappa shape index (κ1) is 22.1. The molecular formula is C25H26N4O4. The topological polar surface area (TPSA) is 85.7 Å². The van der Waals surface area contributed by atoms with E-state index in [1.807, 2.05) is 4.68 Å². The molecule has 8 nitrogen and oxygen atoms in total. The quantitative estimate of drug-likeness (QED) is 0.559. The monoisotopic (exact) mass is 446 g/mol. The fourth-order valence-corrected chi connectivity index (χ4v) is 3.71. The molecule has 2 aromatic carbocycles. The van der Waals surface area contributed by atoms with Crippen LogP contribution >= 0.6 is 0 Å². The average Bonchev–Trinajstić information content (AvgIpc) is 3.13. The van der Waals surface area contributed by atoms with Crippen molar-refractivity contribution in [3.63, 3.8) is 0 Å². The molecule has 0 unspecified atom stereocenters. The number of benzene rings is 2. The van der Waals surface area contributed by atoms with E-state index in [9.17, 15) is 9.59 Å². The number of hydrogen-bond acceptors (Lipinski definition) is 5. The SMILES string of the molecule is C=CCOc1ccc(C(=O)N2CCCn3ncc(C(=O)Nc4ccc(OC)cc4)c3C2)cc1. The molecule has 0 saturated carbocycles. The highest BCUT2D eigenvalue weighted by Gasteiger charge is 2.25. The maximum absolute atomic E-state index is 13.2. The number of aromatic nitrogens is 2. The molecule has 0 fully saturated rings. The summed E-state index contributed by atoms with van der Waals surface area (Å²) < 4.78 is 12.5. The van der Waals surface area contributed by atoms with Gasteiger partial charge in [0.1, 0.15) is 18.1 Å². The number of nitrogens with one attached hydrogen (secondary N) is 1. The Kier molecular flexibility index (Phi) is 6.73. The highest BCUT2D eigenvalue weighted by molar-refractivity contribution is 6.05. The van der Waals surface area contributed by atoms with Crippen LogP contribution in [0.2, 0.25) is 0 Å². The van der Waals surface area contributed by atoms with Gasteiger partial charge in [-0.25, -0.2) is 0 Å². The lowest BCUT2D eigenvalue weighted by Crippen LogP contribution is -2.31. The minimum Gasteiger partial charge on any atom is -0.497 e. The molecule has 1 aliphatic rings. The van der Waals surface area contributed by atoms with Crippen molar-refractivity contribution in [3.05, 3.63) is 84.2 Å². The summed E-state index contributed by atoms with van der Waals surface area (Å²) in [6.07, 6.45) is 3.98. The lowest BCUT2D eigenvalue weighted by molar-refractivity contribution is 0.0744. The van der Waals surface area contributed by atoms with Crippen LogP contribution in [0.4, 0.5) is 5.69 Å². The van der Waals surface area contributed by atoms with Gasteiger partial charge in [0, 0.05) is 24.3 Å². The summed E-state index contributed by atoms with van der Waals surface area (Å²) in [7, 11) is 1.59. The highest BCUT2D eigenvalue weighted by Crippen LogP contribution is 2.22. The van der Waals surface area contributed by atoms with E-state index in [0.717, 1.165) is 12.1 Å². The first-order valence-corrected chi connectivity index (χ1v) is 10.7. The van der Waals surface area contributed by atoms with Crippen LogP contribution in [0.5, 0.6) is 11.5 Å². The fraction of sp³-hybridized carbons (Fsp3) is 0.240. The first-order valence-electron chi connectivity index (χ1n) is 10.7. The molecule has 2 heterocycles. The minimum atomic E-state index is -0.264. The number of anilines is 1. The van der Waals surface area contributed by atoms with E-state index in [4.69, 9.17) is 9.47 Å². The van der Waals surface area contributed by atoms with Crippen LogP contribution in [0.3, 0.4) is 0 Å². The Morgan fingerprint density at radius 3 is 2.52 bits per heavy atom. The summed E-state index contributed by atoms with van der Waals surface area (Å²) >= 11 is 0. The predicted octanol–water partition coefficient (Wildman–Crippen LogP) is 3.75.